The van der Waals surface area contributed by atoms with Crippen LogP contribution in [0.1, 0.15) is 20.8 Å². The van der Waals surface area contributed by atoms with Crippen molar-refractivity contribution < 1.29 is 12.4 Å². The monoisotopic (exact) mass is 446 g/mol. The number of hydrogen-bond acceptors (Lipinski definition) is 3. The number of rotatable bonds is 5. The van der Waals surface area contributed by atoms with E-state index in [4.69, 9.17) is 0 Å². The molecule has 5 heteroatoms. The van der Waals surface area contributed by atoms with Gasteiger partial charge in [-0.1, -0.05) is 0 Å². The molecule has 0 unspecified atom stereocenters. The number of halogens is 1. The van der Waals surface area contributed by atoms with Crippen LogP contribution in [0.15, 0.2) is 54.6 Å². The molecule has 0 aromatic heterocycles. The number of hydrazine groups is 1. The van der Waals surface area contributed by atoms with E-state index >= 15 is 0 Å². The number of anilines is 3. The second-order valence-corrected chi connectivity index (χ2v) is 8.68. The zero-order chi connectivity index (χ0) is 18.1. The van der Waals surface area contributed by atoms with Gasteiger partial charge in [-0.05, 0) is 0 Å². The van der Waals surface area contributed by atoms with Crippen molar-refractivity contribution >= 4 is 51.7 Å². The van der Waals surface area contributed by atoms with E-state index in [2.05, 4.69) is 90.7 Å². The summed E-state index contributed by atoms with van der Waals surface area (Å²) in [5.41, 5.74) is 7.55. The Kier molecular flexibility index (Phi) is 6.33. The maximum atomic E-state index is 3.60. The predicted molar refractivity (Wildman–Crippen MR) is 115 cm³/mol. The fourth-order valence-corrected chi connectivity index (χ4v) is 6.00. The van der Waals surface area contributed by atoms with Gasteiger partial charge >= 0.3 is 162 Å². The van der Waals surface area contributed by atoms with Gasteiger partial charge in [0.15, 0.2) is 0 Å². The minimum atomic E-state index is 0. The molecule has 0 spiro atoms. The van der Waals surface area contributed by atoms with Crippen LogP contribution >= 0.6 is 0 Å². The summed E-state index contributed by atoms with van der Waals surface area (Å²) in [6.07, 6.45) is 0. The first kappa shape index (κ1) is 20.0. The van der Waals surface area contributed by atoms with Crippen molar-refractivity contribution in [2.45, 2.75) is 20.8 Å². The minimum Gasteiger partial charge on any atom is -1.00 e. The van der Waals surface area contributed by atoms with Crippen molar-refractivity contribution in [2.75, 3.05) is 29.5 Å². The zero-order valence-corrected chi connectivity index (χ0v) is 18.5. The van der Waals surface area contributed by atoms with E-state index in [0.717, 1.165) is 19.6 Å². The Morgan fingerprint density at radius 3 is 2.44 bits per heavy atom. The largest absolute Gasteiger partial charge is 1.00 e. The molecule has 0 saturated carbocycles. The van der Waals surface area contributed by atoms with Gasteiger partial charge < -0.3 is 12.4 Å². The van der Waals surface area contributed by atoms with Gasteiger partial charge in [0.1, 0.15) is 0 Å². The molecule has 0 bridgehead atoms. The minimum absolute atomic E-state index is 0. The molecule has 3 aromatic rings. The summed E-state index contributed by atoms with van der Waals surface area (Å²) < 4.78 is 2.90. The summed E-state index contributed by atoms with van der Waals surface area (Å²) in [7, 11) is 0. The molecule has 1 heterocycles. The van der Waals surface area contributed by atoms with Crippen molar-refractivity contribution in [2.24, 2.45) is 0 Å². The Morgan fingerprint density at radius 1 is 0.926 bits per heavy atom. The van der Waals surface area contributed by atoms with Gasteiger partial charge in [-0.15, -0.1) is 0 Å². The molecular formula is C22H25ClN3Se-. The fourth-order valence-electron chi connectivity index (χ4n) is 3.66. The fraction of sp³-hybridized carbons (Fsp3) is 0.273. The second kappa shape index (κ2) is 8.53. The van der Waals surface area contributed by atoms with Crippen LogP contribution in [0, 0.1) is 0 Å². The molecule has 27 heavy (non-hydrogen) atoms. The third-order valence-corrected chi connectivity index (χ3v) is 7.24. The predicted octanol–water partition coefficient (Wildman–Crippen LogP) is 0.321. The van der Waals surface area contributed by atoms with Crippen molar-refractivity contribution in [3.05, 3.63) is 54.6 Å². The van der Waals surface area contributed by atoms with Gasteiger partial charge in [0.25, 0.3) is 0 Å². The molecule has 1 N–H and O–H groups in total. The van der Waals surface area contributed by atoms with E-state index in [0.29, 0.717) is 15.0 Å². The van der Waals surface area contributed by atoms with Crippen LogP contribution in [0.3, 0.4) is 0 Å². The smallest absolute Gasteiger partial charge is 1.00 e. The third-order valence-electron chi connectivity index (χ3n) is 4.94. The summed E-state index contributed by atoms with van der Waals surface area (Å²) in [4.78, 5) is 2.42. The normalized spacial score (nSPS) is 12.3. The van der Waals surface area contributed by atoms with E-state index < -0.39 is 0 Å². The van der Waals surface area contributed by atoms with E-state index in [1.807, 2.05) is 0 Å². The molecule has 142 valence electrons. The standard InChI is InChI=1S/C22H25N3Se.ClH/c1-4-23-25-19-13-12-17(24(5-2)6-3)15-21(19)26-20-14-11-16-9-7-8-10-18(16)22(20)25;/h7-15,23H,4-6H2,1-3H3;1H/p-1. The van der Waals surface area contributed by atoms with Crippen LogP contribution < -0.4 is 36.7 Å². The summed E-state index contributed by atoms with van der Waals surface area (Å²) >= 11 is 0.309. The van der Waals surface area contributed by atoms with E-state index in [1.165, 1.54) is 36.8 Å². The zero-order valence-electron chi connectivity index (χ0n) is 16.0. The third kappa shape index (κ3) is 3.55. The number of benzene rings is 3. The van der Waals surface area contributed by atoms with Crippen LogP contribution in [0.4, 0.5) is 17.1 Å². The molecule has 0 amide bonds. The molecule has 1 aliphatic rings. The van der Waals surface area contributed by atoms with Crippen molar-refractivity contribution in [1.82, 2.24) is 5.43 Å². The second-order valence-electron chi connectivity index (χ2n) is 6.41. The van der Waals surface area contributed by atoms with Crippen molar-refractivity contribution in [1.29, 1.82) is 0 Å². The average molecular weight is 446 g/mol. The number of nitrogens with zero attached hydrogens (tertiary/aromatic N) is 2. The maximum absolute atomic E-state index is 3.60. The van der Waals surface area contributed by atoms with E-state index in [9.17, 15) is 0 Å². The summed E-state index contributed by atoms with van der Waals surface area (Å²) in [6.45, 7) is 9.59. The Hall–Kier alpha value is -1.71. The topological polar surface area (TPSA) is 18.5 Å². The Labute approximate surface area is 174 Å². The summed E-state index contributed by atoms with van der Waals surface area (Å²) in [5, 5.41) is 4.93. The van der Waals surface area contributed by atoms with Gasteiger partial charge in [0.2, 0.25) is 0 Å². The number of hydrogen-bond donors (Lipinski definition) is 1. The quantitative estimate of drug-likeness (QED) is 0.571. The first-order valence-corrected chi connectivity index (χ1v) is 11.1. The first-order chi connectivity index (χ1) is 12.8. The molecular weight excluding hydrogens is 421 g/mol. The molecule has 0 atom stereocenters. The van der Waals surface area contributed by atoms with Gasteiger partial charge in [-0.3, -0.25) is 0 Å². The summed E-state index contributed by atoms with van der Waals surface area (Å²) in [5.74, 6) is 0. The van der Waals surface area contributed by atoms with Gasteiger partial charge in [0.05, 0.1) is 0 Å². The maximum Gasteiger partial charge on any atom is -1.00 e. The number of nitrogens with one attached hydrogen (secondary N) is 1. The van der Waals surface area contributed by atoms with Crippen LogP contribution in [0.25, 0.3) is 10.8 Å². The molecule has 1 aliphatic heterocycles. The number of fused-ring (bicyclic) bond motifs is 4. The molecule has 0 radical (unpaired) electrons. The van der Waals surface area contributed by atoms with Gasteiger partial charge in [0, 0.05) is 0 Å². The van der Waals surface area contributed by atoms with E-state index in [-0.39, 0.29) is 12.4 Å². The summed E-state index contributed by atoms with van der Waals surface area (Å²) in [6, 6.07) is 20.2. The van der Waals surface area contributed by atoms with Crippen molar-refractivity contribution in [3.63, 3.8) is 0 Å². The van der Waals surface area contributed by atoms with Gasteiger partial charge in [-0.25, -0.2) is 0 Å². The molecule has 3 aromatic carbocycles. The molecule has 3 nitrogen and oxygen atoms in total. The average Bonchev–Trinajstić information content (AvgIpc) is 2.68. The van der Waals surface area contributed by atoms with Crippen LogP contribution in [0.2, 0.25) is 0 Å². The Morgan fingerprint density at radius 2 is 1.70 bits per heavy atom. The van der Waals surface area contributed by atoms with Crippen LogP contribution in [-0.2, 0) is 0 Å². The molecule has 0 saturated heterocycles. The van der Waals surface area contributed by atoms with Crippen LogP contribution in [0.5, 0.6) is 0 Å². The molecule has 4 rings (SSSR count). The van der Waals surface area contributed by atoms with Crippen molar-refractivity contribution in [3.8, 4) is 0 Å². The molecule has 0 fully saturated rings. The SMILES string of the molecule is CCNN1c2ccc(N(CC)CC)cc2[Se]c2ccc3ccccc3c21.[Cl-]. The van der Waals surface area contributed by atoms with Crippen LogP contribution in [-0.4, -0.2) is 34.6 Å². The van der Waals surface area contributed by atoms with E-state index in [1.54, 1.807) is 0 Å². The Balaban J connectivity index is 0.00000210. The Bertz CT molecular complexity index is 940. The first-order valence-electron chi connectivity index (χ1n) is 9.39. The molecule has 0 aliphatic carbocycles. The van der Waals surface area contributed by atoms with Gasteiger partial charge in [-0.2, -0.15) is 0 Å².